The average molecular weight is 156 g/mol. The van der Waals surface area contributed by atoms with Gasteiger partial charge in [0.1, 0.15) is 5.60 Å². The maximum Gasteiger partial charge on any atom is 0.283 e. The first-order chi connectivity index (χ1) is 5.01. The van der Waals surface area contributed by atoms with Crippen LogP contribution in [0.5, 0.6) is 0 Å². The summed E-state index contributed by atoms with van der Waals surface area (Å²) < 4.78 is 5.05. The first-order valence-corrected chi connectivity index (χ1v) is 3.32. The Morgan fingerprint density at radius 1 is 1.18 bits per heavy atom. The Kier molecular flexibility index (Phi) is 0.842. The van der Waals surface area contributed by atoms with Crippen LogP contribution in [0, 0.1) is 0 Å². The van der Waals surface area contributed by atoms with Gasteiger partial charge in [0, 0.05) is 0 Å². The predicted molar refractivity (Wildman–Crippen MR) is 34.2 cm³/mol. The SMILES string of the molecule is CC1(C)OC12C(=O)NNC2=O. The lowest BCUT2D eigenvalue weighted by atomic mass is 9.96. The third-order valence-corrected chi connectivity index (χ3v) is 2.14. The van der Waals surface area contributed by atoms with Crippen LogP contribution in [0.4, 0.5) is 0 Å². The quantitative estimate of drug-likeness (QED) is 0.338. The van der Waals surface area contributed by atoms with Gasteiger partial charge in [0.15, 0.2) is 0 Å². The Balaban J connectivity index is 2.40. The van der Waals surface area contributed by atoms with E-state index in [4.69, 9.17) is 4.74 Å². The topological polar surface area (TPSA) is 70.7 Å². The Hall–Kier alpha value is -1.10. The van der Waals surface area contributed by atoms with Crippen molar-refractivity contribution in [3.63, 3.8) is 0 Å². The molecule has 5 heteroatoms. The average Bonchev–Trinajstić information content (AvgIpc) is 2.39. The minimum atomic E-state index is -1.24. The molecule has 2 N–H and O–H groups in total. The van der Waals surface area contributed by atoms with E-state index in [-0.39, 0.29) is 0 Å². The van der Waals surface area contributed by atoms with Gasteiger partial charge in [-0.2, -0.15) is 0 Å². The number of hydrogen-bond acceptors (Lipinski definition) is 3. The van der Waals surface area contributed by atoms with Crippen molar-refractivity contribution in [2.45, 2.75) is 25.0 Å². The minimum absolute atomic E-state index is 0.396. The highest BCUT2D eigenvalue weighted by Crippen LogP contribution is 2.49. The molecule has 1 spiro atoms. The minimum Gasteiger partial charge on any atom is -0.343 e. The van der Waals surface area contributed by atoms with Gasteiger partial charge < -0.3 is 4.74 Å². The van der Waals surface area contributed by atoms with Crippen molar-refractivity contribution >= 4 is 11.8 Å². The van der Waals surface area contributed by atoms with Gasteiger partial charge in [-0.1, -0.05) is 0 Å². The molecule has 0 unspecified atom stereocenters. The van der Waals surface area contributed by atoms with Gasteiger partial charge in [-0.3, -0.25) is 20.4 Å². The van der Waals surface area contributed by atoms with E-state index in [0.29, 0.717) is 0 Å². The smallest absolute Gasteiger partial charge is 0.283 e. The summed E-state index contributed by atoms with van der Waals surface area (Å²) in [6, 6.07) is 0. The molecule has 0 aromatic heterocycles. The summed E-state index contributed by atoms with van der Waals surface area (Å²) >= 11 is 0. The van der Waals surface area contributed by atoms with Crippen LogP contribution in [0.1, 0.15) is 13.8 Å². The van der Waals surface area contributed by atoms with Crippen LogP contribution in [0.2, 0.25) is 0 Å². The van der Waals surface area contributed by atoms with E-state index in [1.165, 1.54) is 0 Å². The molecule has 2 amide bonds. The van der Waals surface area contributed by atoms with Crippen molar-refractivity contribution < 1.29 is 14.3 Å². The van der Waals surface area contributed by atoms with Crippen LogP contribution in [0.25, 0.3) is 0 Å². The molecule has 0 bridgehead atoms. The van der Waals surface area contributed by atoms with E-state index in [9.17, 15) is 9.59 Å². The number of rotatable bonds is 0. The number of carbonyl (C=O) groups excluding carboxylic acids is 2. The summed E-state index contributed by atoms with van der Waals surface area (Å²) in [5.41, 5.74) is 2.53. The molecule has 0 saturated carbocycles. The van der Waals surface area contributed by atoms with Crippen LogP contribution >= 0.6 is 0 Å². The first kappa shape index (κ1) is 6.60. The molecular weight excluding hydrogens is 148 g/mol. The Morgan fingerprint density at radius 3 is 1.73 bits per heavy atom. The molecule has 2 fully saturated rings. The van der Waals surface area contributed by atoms with Crippen molar-refractivity contribution in [1.29, 1.82) is 0 Å². The van der Waals surface area contributed by atoms with Gasteiger partial charge in [0.2, 0.25) is 0 Å². The zero-order valence-electron chi connectivity index (χ0n) is 6.22. The third kappa shape index (κ3) is 0.507. The van der Waals surface area contributed by atoms with E-state index in [2.05, 4.69) is 10.9 Å². The molecular formula is C6H8N2O3. The number of hydrogen-bond donors (Lipinski definition) is 2. The Morgan fingerprint density at radius 2 is 1.55 bits per heavy atom. The van der Waals surface area contributed by atoms with Crippen LogP contribution in [0.3, 0.4) is 0 Å². The number of carbonyl (C=O) groups is 2. The summed E-state index contributed by atoms with van der Waals surface area (Å²) in [6.45, 7) is 3.41. The second kappa shape index (κ2) is 1.40. The lowest BCUT2D eigenvalue weighted by Gasteiger charge is -1.96. The van der Waals surface area contributed by atoms with Crippen molar-refractivity contribution in [3.8, 4) is 0 Å². The number of nitrogens with one attached hydrogen (secondary N) is 2. The third-order valence-electron chi connectivity index (χ3n) is 2.14. The second-order valence-electron chi connectivity index (χ2n) is 3.20. The van der Waals surface area contributed by atoms with Crippen molar-refractivity contribution in [2.24, 2.45) is 0 Å². The molecule has 5 nitrogen and oxygen atoms in total. The maximum absolute atomic E-state index is 11.1. The molecule has 2 aliphatic heterocycles. The van der Waals surface area contributed by atoms with Crippen LogP contribution in [-0.2, 0) is 14.3 Å². The normalized spacial score (nSPS) is 30.0. The summed E-state index contributed by atoms with van der Waals surface area (Å²) in [5.74, 6) is -0.792. The van der Waals surface area contributed by atoms with Crippen LogP contribution in [0.15, 0.2) is 0 Å². The highest BCUT2D eigenvalue weighted by atomic mass is 16.6. The molecule has 0 radical (unpaired) electrons. The summed E-state index contributed by atoms with van der Waals surface area (Å²) in [6.07, 6.45) is 0. The second-order valence-corrected chi connectivity index (χ2v) is 3.20. The van der Waals surface area contributed by atoms with Gasteiger partial charge in [-0.15, -0.1) is 0 Å². The summed E-state index contributed by atoms with van der Waals surface area (Å²) in [5, 5.41) is 0. The largest absolute Gasteiger partial charge is 0.343 e. The van der Waals surface area contributed by atoms with Crippen LogP contribution < -0.4 is 10.9 Å². The number of ether oxygens (including phenoxy) is 1. The Bertz CT molecular complexity index is 243. The van der Waals surface area contributed by atoms with Crippen molar-refractivity contribution in [2.75, 3.05) is 0 Å². The molecule has 60 valence electrons. The van der Waals surface area contributed by atoms with Crippen molar-refractivity contribution in [1.82, 2.24) is 10.9 Å². The van der Waals surface area contributed by atoms with Gasteiger partial charge in [0.05, 0.1) is 0 Å². The Labute approximate surface area is 63.1 Å². The highest BCUT2D eigenvalue weighted by molar-refractivity contribution is 6.17. The summed E-state index contributed by atoms with van der Waals surface area (Å²) in [4.78, 5) is 22.1. The van der Waals surface area contributed by atoms with Gasteiger partial charge in [-0.05, 0) is 13.8 Å². The fourth-order valence-electron chi connectivity index (χ4n) is 1.39. The highest BCUT2D eigenvalue weighted by Gasteiger charge is 2.77. The van der Waals surface area contributed by atoms with Gasteiger partial charge >= 0.3 is 0 Å². The van der Waals surface area contributed by atoms with Crippen LogP contribution in [-0.4, -0.2) is 23.0 Å². The van der Waals surface area contributed by atoms with E-state index in [1.54, 1.807) is 13.8 Å². The lowest BCUT2D eigenvalue weighted by molar-refractivity contribution is -0.129. The van der Waals surface area contributed by atoms with Gasteiger partial charge in [-0.25, -0.2) is 0 Å². The molecule has 0 aromatic rings. The van der Waals surface area contributed by atoms with Crippen molar-refractivity contribution in [3.05, 3.63) is 0 Å². The molecule has 2 aliphatic rings. The fraction of sp³-hybridized carbons (Fsp3) is 0.667. The van der Waals surface area contributed by atoms with E-state index in [0.717, 1.165) is 0 Å². The molecule has 2 heterocycles. The van der Waals surface area contributed by atoms with E-state index in [1.807, 2.05) is 0 Å². The first-order valence-electron chi connectivity index (χ1n) is 3.32. The molecule has 2 saturated heterocycles. The number of hydrazine groups is 1. The molecule has 0 atom stereocenters. The monoisotopic (exact) mass is 156 g/mol. The van der Waals surface area contributed by atoms with Gasteiger partial charge in [0.25, 0.3) is 17.4 Å². The summed E-state index contributed by atoms with van der Waals surface area (Å²) in [7, 11) is 0. The maximum atomic E-state index is 11.1. The zero-order chi connectivity index (χ0) is 8.28. The molecule has 11 heavy (non-hydrogen) atoms. The lowest BCUT2D eigenvalue weighted by Crippen LogP contribution is -2.35. The van der Waals surface area contributed by atoms with E-state index >= 15 is 0 Å². The molecule has 0 aromatic carbocycles. The number of amides is 2. The standard InChI is InChI=1S/C6H8N2O3/c1-5(2)6(11-5)3(9)7-8-4(6)10/h1-2H3,(H,7,9)(H,8,10). The number of epoxide rings is 1. The van der Waals surface area contributed by atoms with E-state index < -0.39 is 23.0 Å². The molecule has 2 rings (SSSR count). The zero-order valence-corrected chi connectivity index (χ0v) is 6.22. The fourth-order valence-corrected chi connectivity index (χ4v) is 1.39. The predicted octanol–water partition coefficient (Wildman–Crippen LogP) is -1.30. The molecule has 0 aliphatic carbocycles.